The van der Waals surface area contributed by atoms with Gasteiger partial charge in [-0.2, -0.15) is 0 Å². The van der Waals surface area contributed by atoms with Crippen molar-refractivity contribution < 1.29 is 0 Å². The van der Waals surface area contributed by atoms with Gasteiger partial charge >= 0.3 is 0 Å². The van der Waals surface area contributed by atoms with Crippen LogP contribution in [-0.2, 0) is 12.8 Å². The number of aromatic nitrogens is 2. The van der Waals surface area contributed by atoms with E-state index in [1.807, 2.05) is 17.4 Å². The third-order valence-electron chi connectivity index (χ3n) is 6.82. The van der Waals surface area contributed by atoms with E-state index in [4.69, 9.17) is 9.97 Å². The standard InChI is InChI=1S/C31H36N2S/c1-7-20(2)16-27(28-13-8-10-23(5)32-28)24(6)26-12-9-11-25(19-26)18-22(4)31-33-29-15-14-21(3)17-30(29)34-31/h7-10,12-13,18-21H,1,4,11,14-17H2,2-3,5-6H3/b25-18+,27-24-. The van der Waals surface area contributed by atoms with E-state index in [2.05, 4.69) is 83.4 Å². The first-order valence-corrected chi connectivity index (χ1v) is 13.2. The highest BCUT2D eigenvalue weighted by atomic mass is 32.1. The van der Waals surface area contributed by atoms with Crippen molar-refractivity contribution in [2.45, 2.75) is 59.8 Å². The van der Waals surface area contributed by atoms with Crippen LogP contribution in [0.15, 0.2) is 78.5 Å². The fourth-order valence-corrected chi connectivity index (χ4v) is 5.88. The molecule has 0 bridgehead atoms. The Balaban J connectivity index is 1.64. The van der Waals surface area contributed by atoms with Crippen LogP contribution in [0.5, 0.6) is 0 Å². The van der Waals surface area contributed by atoms with E-state index in [-0.39, 0.29) is 0 Å². The van der Waals surface area contributed by atoms with Gasteiger partial charge in [0, 0.05) is 16.1 Å². The maximum atomic E-state index is 4.93. The van der Waals surface area contributed by atoms with Crippen LogP contribution in [0.3, 0.4) is 0 Å². The first-order valence-electron chi connectivity index (χ1n) is 12.4. The van der Waals surface area contributed by atoms with E-state index in [1.165, 1.54) is 39.3 Å². The van der Waals surface area contributed by atoms with Crippen molar-refractivity contribution in [3.05, 3.63) is 105 Å². The monoisotopic (exact) mass is 468 g/mol. The lowest BCUT2D eigenvalue weighted by atomic mass is 9.88. The third-order valence-corrected chi connectivity index (χ3v) is 8.02. The van der Waals surface area contributed by atoms with Crippen LogP contribution in [0.2, 0.25) is 0 Å². The molecule has 0 radical (unpaired) electrons. The molecule has 0 amide bonds. The van der Waals surface area contributed by atoms with Gasteiger partial charge in [0.15, 0.2) is 0 Å². The van der Waals surface area contributed by atoms with Gasteiger partial charge in [0.1, 0.15) is 5.01 Å². The Morgan fingerprint density at radius 1 is 1.29 bits per heavy atom. The molecule has 0 aliphatic heterocycles. The normalized spacial score (nSPS) is 20.4. The van der Waals surface area contributed by atoms with E-state index in [0.717, 1.165) is 53.6 Å². The SMILES string of the molecule is C=CC(C)C/C(=C(\C)C1=C/C(=C/C(=C)c2nc3c(s2)CC(C)CC3)CC=C1)c1cccc(C)n1. The molecule has 0 saturated heterocycles. The lowest BCUT2D eigenvalue weighted by Crippen LogP contribution is -2.09. The summed E-state index contributed by atoms with van der Waals surface area (Å²) in [4.78, 5) is 11.2. The quantitative estimate of drug-likeness (QED) is 0.381. The molecule has 0 fully saturated rings. The lowest BCUT2D eigenvalue weighted by molar-refractivity contribution is 0.502. The second kappa shape index (κ2) is 10.7. The molecule has 2 unspecified atom stereocenters. The maximum absolute atomic E-state index is 4.93. The number of hydrogen-bond acceptors (Lipinski definition) is 3. The Kier molecular flexibility index (Phi) is 7.63. The van der Waals surface area contributed by atoms with Gasteiger partial charge in [-0.25, -0.2) is 4.98 Å². The number of fused-ring (bicyclic) bond motifs is 1. The summed E-state index contributed by atoms with van der Waals surface area (Å²) in [7, 11) is 0. The summed E-state index contributed by atoms with van der Waals surface area (Å²) < 4.78 is 0. The average molecular weight is 469 g/mol. The maximum Gasteiger partial charge on any atom is 0.123 e. The number of hydrogen-bond donors (Lipinski definition) is 0. The summed E-state index contributed by atoms with van der Waals surface area (Å²) in [5, 5.41) is 1.08. The summed E-state index contributed by atoms with van der Waals surface area (Å²) in [6, 6.07) is 6.27. The van der Waals surface area contributed by atoms with E-state index >= 15 is 0 Å². The van der Waals surface area contributed by atoms with E-state index in [9.17, 15) is 0 Å². The smallest absolute Gasteiger partial charge is 0.123 e. The molecule has 0 spiro atoms. The predicted octanol–water partition coefficient (Wildman–Crippen LogP) is 8.48. The number of pyridine rings is 1. The number of allylic oxidation sites excluding steroid dienone is 10. The fraction of sp³-hybridized carbons (Fsp3) is 0.355. The van der Waals surface area contributed by atoms with Crippen molar-refractivity contribution in [2.24, 2.45) is 11.8 Å². The van der Waals surface area contributed by atoms with Gasteiger partial charge in [-0.3, -0.25) is 4.98 Å². The summed E-state index contributed by atoms with van der Waals surface area (Å²) >= 11 is 1.83. The van der Waals surface area contributed by atoms with E-state index < -0.39 is 0 Å². The molecule has 0 saturated carbocycles. The van der Waals surface area contributed by atoms with Gasteiger partial charge in [0.25, 0.3) is 0 Å². The van der Waals surface area contributed by atoms with Crippen LogP contribution < -0.4 is 0 Å². The molecular weight excluding hydrogens is 432 g/mol. The molecule has 0 N–H and O–H groups in total. The van der Waals surface area contributed by atoms with Crippen LogP contribution in [0.1, 0.15) is 67.0 Å². The second-order valence-corrected chi connectivity index (χ2v) is 11.0. The highest BCUT2D eigenvalue weighted by molar-refractivity contribution is 7.12. The van der Waals surface area contributed by atoms with Crippen molar-refractivity contribution in [1.29, 1.82) is 0 Å². The molecule has 2 atom stereocenters. The number of aryl methyl sites for hydroxylation is 2. The van der Waals surface area contributed by atoms with Gasteiger partial charge in [-0.1, -0.05) is 50.8 Å². The summed E-state index contributed by atoms with van der Waals surface area (Å²) in [6.07, 6.45) is 16.4. The van der Waals surface area contributed by atoms with Crippen LogP contribution in [0.25, 0.3) is 11.1 Å². The van der Waals surface area contributed by atoms with Gasteiger partial charge in [-0.15, -0.1) is 17.9 Å². The zero-order valence-electron chi connectivity index (χ0n) is 21.0. The molecule has 176 valence electrons. The summed E-state index contributed by atoms with van der Waals surface area (Å²) in [5.74, 6) is 1.14. The largest absolute Gasteiger partial charge is 0.253 e. The predicted molar refractivity (Wildman–Crippen MR) is 148 cm³/mol. The highest BCUT2D eigenvalue weighted by Crippen LogP contribution is 2.35. The number of thiazole rings is 1. The Morgan fingerprint density at radius 2 is 2.12 bits per heavy atom. The Hall–Kier alpha value is -2.78. The van der Waals surface area contributed by atoms with Gasteiger partial charge in [0.2, 0.25) is 0 Å². The van der Waals surface area contributed by atoms with Crippen molar-refractivity contribution in [3.8, 4) is 0 Å². The Bertz CT molecular complexity index is 1220. The van der Waals surface area contributed by atoms with Gasteiger partial charge in [0.05, 0.1) is 11.4 Å². The highest BCUT2D eigenvalue weighted by Gasteiger charge is 2.20. The molecular formula is C31H36N2S. The lowest BCUT2D eigenvalue weighted by Gasteiger charge is -2.18. The van der Waals surface area contributed by atoms with Crippen LogP contribution in [-0.4, -0.2) is 9.97 Å². The Morgan fingerprint density at radius 3 is 2.88 bits per heavy atom. The van der Waals surface area contributed by atoms with Crippen LogP contribution >= 0.6 is 11.3 Å². The third kappa shape index (κ3) is 5.64. The molecule has 2 aromatic rings. The molecule has 2 aliphatic rings. The van der Waals surface area contributed by atoms with E-state index in [0.29, 0.717) is 5.92 Å². The zero-order valence-corrected chi connectivity index (χ0v) is 21.8. The van der Waals surface area contributed by atoms with Gasteiger partial charge in [-0.05, 0) is 98.3 Å². The minimum absolute atomic E-state index is 0.383. The Labute approximate surface area is 209 Å². The molecule has 3 heteroatoms. The molecule has 2 aliphatic carbocycles. The fourth-order valence-electron chi connectivity index (χ4n) is 4.67. The first kappa shape index (κ1) is 24.3. The molecule has 2 aromatic heterocycles. The van der Waals surface area contributed by atoms with Gasteiger partial charge < -0.3 is 0 Å². The molecule has 34 heavy (non-hydrogen) atoms. The van der Waals surface area contributed by atoms with Crippen molar-refractivity contribution in [3.63, 3.8) is 0 Å². The summed E-state index contributed by atoms with van der Waals surface area (Å²) in [5.41, 5.74) is 9.50. The first-order chi connectivity index (χ1) is 16.3. The number of nitrogens with zero attached hydrogens (tertiary/aromatic N) is 2. The molecule has 2 nitrogen and oxygen atoms in total. The van der Waals surface area contributed by atoms with Crippen molar-refractivity contribution >= 4 is 22.5 Å². The molecule has 4 rings (SSSR count). The second-order valence-electron chi connectivity index (χ2n) is 9.87. The van der Waals surface area contributed by atoms with E-state index in [1.54, 1.807) is 0 Å². The summed E-state index contributed by atoms with van der Waals surface area (Å²) in [6.45, 7) is 17.2. The average Bonchev–Trinajstić information content (AvgIpc) is 3.25. The zero-order chi connectivity index (χ0) is 24.2. The number of rotatable bonds is 7. The molecule has 2 heterocycles. The van der Waals surface area contributed by atoms with Crippen molar-refractivity contribution in [2.75, 3.05) is 0 Å². The minimum atomic E-state index is 0.383. The van der Waals surface area contributed by atoms with Crippen molar-refractivity contribution in [1.82, 2.24) is 9.97 Å². The van der Waals surface area contributed by atoms with Crippen LogP contribution in [0.4, 0.5) is 0 Å². The molecule has 0 aromatic carbocycles. The van der Waals surface area contributed by atoms with Crippen LogP contribution in [0, 0.1) is 18.8 Å². The minimum Gasteiger partial charge on any atom is -0.253 e. The topological polar surface area (TPSA) is 25.8 Å².